The maximum atomic E-state index is 8.47. The molecule has 0 aromatic rings. The summed E-state index contributed by atoms with van der Waals surface area (Å²) in [6, 6.07) is 1.93. The summed E-state index contributed by atoms with van der Waals surface area (Å²) >= 11 is 0. The van der Waals surface area contributed by atoms with E-state index in [0.29, 0.717) is 5.57 Å². The van der Waals surface area contributed by atoms with Gasteiger partial charge < -0.3 is 0 Å². The van der Waals surface area contributed by atoms with Crippen LogP contribution in [0.4, 0.5) is 0 Å². The number of hydrogen-bond donors (Lipinski definition) is 0. The third-order valence-electron chi connectivity index (χ3n) is 1.76. The van der Waals surface area contributed by atoms with Crippen LogP contribution in [0, 0.1) is 11.3 Å². The smallest absolute Gasteiger partial charge is 0.0985 e. The van der Waals surface area contributed by atoms with Gasteiger partial charge in [-0.3, -0.25) is 4.99 Å². The van der Waals surface area contributed by atoms with Crippen molar-refractivity contribution in [3.8, 4) is 6.07 Å². The predicted molar refractivity (Wildman–Crippen MR) is 65.6 cm³/mol. The Kier molecular flexibility index (Phi) is 6.57. The number of rotatable bonds is 4. The van der Waals surface area contributed by atoms with E-state index in [9.17, 15) is 0 Å². The first-order chi connectivity index (χ1) is 7.15. The molecule has 78 valence electrons. The normalized spacial score (nSPS) is 13.5. The van der Waals surface area contributed by atoms with Crippen LogP contribution in [0.5, 0.6) is 0 Å². The van der Waals surface area contributed by atoms with E-state index in [-0.39, 0.29) is 0 Å². The fraction of sp³-hybridized carbons (Fsp3) is 0.231. The van der Waals surface area contributed by atoms with Gasteiger partial charge in [0.15, 0.2) is 0 Å². The Hall–Kier alpha value is -1.88. The third kappa shape index (κ3) is 5.43. The van der Waals surface area contributed by atoms with E-state index in [4.69, 9.17) is 5.26 Å². The molecule has 0 aliphatic heterocycles. The van der Waals surface area contributed by atoms with Gasteiger partial charge in [-0.1, -0.05) is 24.8 Å². The quantitative estimate of drug-likeness (QED) is 0.388. The lowest BCUT2D eigenvalue weighted by atomic mass is 10.1. The van der Waals surface area contributed by atoms with Crippen LogP contribution >= 0.6 is 0 Å². The molecule has 0 heterocycles. The Bertz CT molecular complexity index is 374. The van der Waals surface area contributed by atoms with Crippen molar-refractivity contribution >= 4 is 5.71 Å². The summed E-state index contributed by atoms with van der Waals surface area (Å²) in [5, 5.41) is 8.47. The molecule has 0 atom stereocenters. The van der Waals surface area contributed by atoms with Crippen molar-refractivity contribution in [2.45, 2.75) is 20.8 Å². The van der Waals surface area contributed by atoms with Gasteiger partial charge in [0.2, 0.25) is 0 Å². The van der Waals surface area contributed by atoms with Crippen molar-refractivity contribution in [2.75, 3.05) is 0 Å². The molecule has 0 aliphatic carbocycles. The van der Waals surface area contributed by atoms with Gasteiger partial charge >= 0.3 is 0 Å². The zero-order valence-corrected chi connectivity index (χ0v) is 9.49. The molecule has 0 aliphatic rings. The Labute approximate surface area is 91.6 Å². The van der Waals surface area contributed by atoms with Crippen molar-refractivity contribution in [3.05, 3.63) is 48.2 Å². The second kappa shape index (κ2) is 7.52. The minimum absolute atomic E-state index is 0.402. The molecule has 0 saturated heterocycles. The zero-order valence-electron chi connectivity index (χ0n) is 9.49. The van der Waals surface area contributed by atoms with Gasteiger partial charge in [0.1, 0.15) is 0 Å². The minimum atomic E-state index is 0.402. The van der Waals surface area contributed by atoms with E-state index >= 15 is 0 Å². The summed E-state index contributed by atoms with van der Waals surface area (Å²) in [5.74, 6) is 0. The van der Waals surface area contributed by atoms with Crippen molar-refractivity contribution in [2.24, 2.45) is 4.99 Å². The van der Waals surface area contributed by atoms with Crippen LogP contribution < -0.4 is 0 Å². The second-order valence-electron chi connectivity index (χ2n) is 2.91. The number of aliphatic imine (C=N–C) groups is 1. The second-order valence-corrected chi connectivity index (χ2v) is 2.91. The lowest BCUT2D eigenvalue weighted by Gasteiger charge is -1.97. The third-order valence-corrected chi connectivity index (χ3v) is 1.76. The Morgan fingerprint density at radius 3 is 2.47 bits per heavy atom. The van der Waals surface area contributed by atoms with E-state index in [0.717, 1.165) is 11.3 Å². The van der Waals surface area contributed by atoms with Crippen LogP contribution in [0.15, 0.2) is 53.2 Å². The molecule has 0 saturated carbocycles. The number of allylic oxidation sites excluding steroid dienone is 6. The molecule has 0 bridgehead atoms. The lowest BCUT2D eigenvalue weighted by molar-refractivity contribution is 1.46. The fourth-order valence-corrected chi connectivity index (χ4v) is 0.956. The predicted octanol–water partition coefficient (Wildman–Crippen LogP) is 3.56. The molecular weight excluding hydrogens is 184 g/mol. The van der Waals surface area contributed by atoms with E-state index in [1.165, 1.54) is 0 Å². The molecule has 15 heavy (non-hydrogen) atoms. The van der Waals surface area contributed by atoms with Gasteiger partial charge in [0.05, 0.1) is 6.07 Å². The van der Waals surface area contributed by atoms with Gasteiger partial charge in [0, 0.05) is 17.5 Å². The number of nitrogens with zero attached hydrogens (tertiary/aromatic N) is 2. The van der Waals surface area contributed by atoms with Crippen molar-refractivity contribution in [1.82, 2.24) is 0 Å². The highest BCUT2D eigenvalue weighted by Gasteiger charge is 1.93. The Morgan fingerprint density at radius 1 is 1.33 bits per heavy atom. The van der Waals surface area contributed by atoms with Crippen molar-refractivity contribution in [3.63, 3.8) is 0 Å². The molecule has 2 heteroatoms. The summed E-state index contributed by atoms with van der Waals surface area (Å²) in [6.45, 7) is 9.38. The summed E-state index contributed by atoms with van der Waals surface area (Å²) < 4.78 is 0. The monoisotopic (exact) mass is 200 g/mol. The molecular formula is C13H16N2. The van der Waals surface area contributed by atoms with Gasteiger partial charge in [-0.2, -0.15) is 5.26 Å². The van der Waals surface area contributed by atoms with Crippen LogP contribution in [0.2, 0.25) is 0 Å². The van der Waals surface area contributed by atoms with E-state index in [1.54, 1.807) is 12.3 Å². The molecule has 0 rings (SSSR count). The molecule has 0 spiro atoms. The van der Waals surface area contributed by atoms with Crippen LogP contribution in [0.3, 0.4) is 0 Å². The maximum Gasteiger partial charge on any atom is 0.0985 e. The molecule has 0 amide bonds. The first-order valence-corrected chi connectivity index (χ1v) is 4.75. The highest BCUT2D eigenvalue weighted by Crippen LogP contribution is 2.01. The molecule has 0 aromatic heterocycles. The first kappa shape index (κ1) is 13.1. The summed E-state index contributed by atoms with van der Waals surface area (Å²) in [6.07, 6.45) is 9.13. The van der Waals surface area contributed by atoms with Gasteiger partial charge in [-0.25, -0.2) is 0 Å². The minimum Gasteiger partial charge on any atom is -0.261 e. The molecule has 0 aromatic carbocycles. The van der Waals surface area contributed by atoms with Crippen LogP contribution in [0.1, 0.15) is 20.8 Å². The number of hydrogen-bond acceptors (Lipinski definition) is 2. The van der Waals surface area contributed by atoms with Crippen molar-refractivity contribution in [1.29, 1.82) is 5.26 Å². The van der Waals surface area contributed by atoms with E-state index in [2.05, 4.69) is 11.6 Å². The highest BCUT2D eigenvalue weighted by molar-refractivity contribution is 6.00. The molecule has 0 fully saturated rings. The van der Waals surface area contributed by atoms with Crippen LogP contribution in [-0.4, -0.2) is 5.71 Å². The zero-order chi connectivity index (χ0) is 11.7. The topological polar surface area (TPSA) is 36.1 Å². The average Bonchev–Trinajstić information content (AvgIpc) is 2.25. The average molecular weight is 200 g/mol. The van der Waals surface area contributed by atoms with Gasteiger partial charge in [-0.05, 0) is 32.4 Å². The first-order valence-electron chi connectivity index (χ1n) is 4.75. The SMILES string of the molecule is C=C(C#N)\C=C/N=C(C)\C(\C=C/C)=C\C. The maximum absolute atomic E-state index is 8.47. The molecule has 0 radical (unpaired) electrons. The number of nitriles is 1. The Balaban J connectivity index is 4.65. The van der Waals surface area contributed by atoms with E-state index in [1.807, 2.05) is 45.1 Å². The summed E-state index contributed by atoms with van der Waals surface area (Å²) in [5.41, 5.74) is 2.39. The van der Waals surface area contributed by atoms with Crippen molar-refractivity contribution < 1.29 is 0 Å². The van der Waals surface area contributed by atoms with Crippen LogP contribution in [-0.2, 0) is 0 Å². The largest absolute Gasteiger partial charge is 0.261 e. The molecule has 2 nitrogen and oxygen atoms in total. The van der Waals surface area contributed by atoms with Gasteiger partial charge in [-0.15, -0.1) is 0 Å². The van der Waals surface area contributed by atoms with E-state index < -0.39 is 0 Å². The molecule has 0 unspecified atom stereocenters. The molecule has 0 N–H and O–H groups in total. The van der Waals surface area contributed by atoms with Gasteiger partial charge in [0.25, 0.3) is 0 Å². The Morgan fingerprint density at radius 2 is 2.00 bits per heavy atom. The fourth-order valence-electron chi connectivity index (χ4n) is 0.956. The van der Waals surface area contributed by atoms with Crippen LogP contribution in [0.25, 0.3) is 0 Å². The highest BCUT2D eigenvalue weighted by atomic mass is 14.7. The summed E-state index contributed by atoms with van der Waals surface area (Å²) in [4.78, 5) is 4.21. The lowest BCUT2D eigenvalue weighted by Crippen LogP contribution is -1.92. The summed E-state index contributed by atoms with van der Waals surface area (Å²) in [7, 11) is 0. The standard InChI is InChI=1S/C13H16N2/c1-5-7-13(6-2)12(4)15-9-8-11(3)10-14/h5-9H,3H2,1-2,4H3/b7-5-,9-8-,13-6+,15-12-.